The Balaban J connectivity index is 2.40. The Labute approximate surface area is 89.2 Å². The van der Waals surface area contributed by atoms with Crippen molar-refractivity contribution in [2.45, 2.75) is 11.3 Å². The number of anilines is 1. The Bertz CT molecular complexity index is 353. The first-order valence-electron chi connectivity index (χ1n) is 3.98. The van der Waals surface area contributed by atoms with Crippen molar-refractivity contribution in [1.82, 2.24) is 0 Å². The van der Waals surface area contributed by atoms with Crippen LogP contribution in [0.5, 0.6) is 0 Å². The second kappa shape index (κ2) is 3.72. The summed E-state index contributed by atoms with van der Waals surface area (Å²) in [6.45, 7) is 0. The molecule has 0 aliphatic carbocycles. The number of rotatable bonds is 0. The maximum atomic E-state index is 11.2. The number of hydrogen-bond donors (Lipinski definition) is 1. The van der Waals surface area contributed by atoms with Crippen LogP contribution in [-0.4, -0.2) is 11.7 Å². The van der Waals surface area contributed by atoms with E-state index in [1.165, 1.54) is 0 Å². The van der Waals surface area contributed by atoms with Crippen LogP contribution in [0.1, 0.15) is 6.42 Å². The number of carbonyl (C=O) groups is 1. The molecule has 1 aromatic rings. The van der Waals surface area contributed by atoms with E-state index in [9.17, 15) is 4.79 Å². The van der Waals surface area contributed by atoms with E-state index < -0.39 is 0 Å². The summed E-state index contributed by atoms with van der Waals surface area (Å²) in [5, 5.41) is 2.87. The fraction of sp³-hybridized carbons (Fsp3) is 0.222. The van der Waals surface area contributed by atoms with Crippen LogP contribution in [0, 0.1) is 0 Å². The molecule has 1 aliphatic heterocycles. The van der Waals surface area contributed by atoms with Crippen molar-refractivity contribution in [3.63, 3.8) is 0 Å². The minimum Gasteiger partial charge on any atom is -0.325 e. The molecule has 2 nitrogen and oxygen atoms in total. The van der Waals surface area contributed by atoms with Crippen molar-refractivity contribution in [2.24, 2.45) is 0 Å². The third-order valence-electron chi connectivity index (χ3n) is 1.80. The molecule has 4 heteroatoms. The molecule has 0 fully saturated rings. The van der Waals surface area contributed by atoms with E-state index in [0.29, 0.717) is 6.42 Å². The lowest BCUT2D eigenvalue weighted by Gasteiger charge is -2.05. The number of amides is 1. The zero-order valence-corrected chi connectivity index (χ0v) is 9.24. The number of hydrogen-bond acceptors (Lipinski definition) is 2. The zero-order valence-electron chi connectivity index (χ0n) is 6.84. The summed E-state index contributed by atoms with van der Waals surface area (Å²) in [6, 6.07) is 5.95. The molecule has 0 atom stereocenters. The third-order valence-corrected chi connectivity index (χ3v) is 3.37. The van der Waals surface area contributed by atoms with E-state index in [2.05, 4.69) is 21.2 Å². The van der Waals surface area contributed by atoms with Crippen LogP contribution in [0.25, 0.3) is 0 Å². The highest BCUT2D eigenvalue weighted by atomic mass is 79.9. The van der Waals surface area contributed by atoms with Crippen LogP contribution in [0.2, 0.25) is 0 Å². The minimum absolute atomic E-state index is 0.101. The van der Waals surface area contributed by atoms with Gasteiger partial charge in [0.1, 0.15) is 0 Å². The summed E-state index contributed by atoms with van der Waals surface area (Å²) in [5.41, 5.74) is 0.918. The van der Waals surface area contributed by atoms with E-state index in [-0.39, 0.29) is 5.91 Å². The highest BCUT2D eigenvalue weighted by molar-refractivity contribution is 9.10. The smallest absolute Gasteiger partial charge is 0.225 e. The Morgan fingerprint density at radius 2 is 2.31 bits per heavy atom. The number of thioether (sulfide) groups is 1. The number of carbonyl (C=O) groups excluding carboxylic acids is 1. The molecule has 1 aromatic carbocycles. The van der Waals surface area contributed by atoms with Gasteiger partial charge < -0.3 is 5.32 Å². The van der Waals surface area contributed by atoms with Crippen LogP contribution in [0.4, 0.5) is 5.69 Å². The first-order chi connectivity index (χ1) is 6.25. The van der Waals surface area contributed by atoms with Gasteiger partial charge >= 0.3 is 0 Å². The van der Waals surface area contributed by atoms with Crippen LogP contribution < -0.4 is 5.32 Å². The minimum atomic E-state index is 0.101. The van der Waals surface area contributed by atoms with Crippen molar-refractivity contribution in [1.29, 1.82) is 0 Å². The third kappa shape index (κ3) is 2.06. The molecule has 1 heterocycles. The van der Waals surface area contributed by atoms with Crippen molar-refractivity contribution in [3.05, 3.63) is 22.7 Å². The number of nitrogens with one attached hydrogen (secondary N) is 1. The van der Waals surface area contributed by atoms with Crippen molar-refractivity contribution in [2.75, 3.05) is 11.1 Å². The van der Waals surface area contributed by atoms with Gasteiger partial charge in [0.25, 0.3) is 0 Å². The molecule has 0 radical (unpaired) electrons. The molecular weight excluding hydrogens is 250 g/mol. The molecule has 1 amide bonds. The topological polar surface area (TPSA) is 29.1 Å². The van der Waals surface area contributed by atoms with E-state index in [4.69, 9.17) is 0 Å². The van der Waals surface area contributed by atoms with Gasteiger partial charge in [-0.2, -0.15) is 0 Å². The van der Waals surface area contributed by atoms with Gasteiger partial charge in [-0.3, -0.25) is 4.79 Å². The lowest BCUT2D eigenvalue weighted by molar-refractivity contribution is -0.115. The van der Waals surface area contributed by atoms with Crippen LogP contribution >= 0.6 is 27.7 Å². The van der Waals surface area contributed by atoms with E-state index in [0.717, 1.165) is 20.8 Å². The fourth-order valence-electron chi connectivity index (χ4n) is 1.19. The summed E-state index contributed by atoms with van der Waals surface area (Å²) in [4.78, 5) is 12.4. The Morgan fingerprint density at radius 1 is 1.46 bits per heavy atom. The molecule has 13 heavy (non-hydrogen) atoms. The van der Waals surface area contributed by atoms with Crippen LogP contribution in [-0.2, 0) is 4.79 Å². The molecular formula is C9H8BrNOS. The van der Waals surface area contributed by atoms with Crippen molar-refractivity contribution >= 4 is 39.3 Å². The Kier molecular flexibility index (Phi) is 2.60. The molecule has 1 N–H and O–H groups in total. The molecule has 0 spiro atoms. The van der Waals surface area contributed by atoms with E-state index in [1.54, 1.807) is 11.8 Å². The van der Waals surface area contributed by atoms with Gasteiger partial charge in [0.15, 0.2) is 0 Å². The molecule has 0 saturated heterocycles. The highest BCUT2D eigenvalue weighted by Gasteiger charge is 2.12. The molecule has 0 saturated carbocycles. The lowest BCUT2D eigenvalue weighted by atomic mass is 10.3. The van der Waals surface area contributed by atoms with Crippen molar-refractivity contribution < 1.29 is 4.79 Å². The lowest BCUT2D eigenvalue weighted by Crippen LogP contribution is -2.09. The van der Waals surface area contributed by atoms with E-state index in [1.807, 2.05) is 18.2 Å². The fourth-order valence-corrected chi connectivity index (χ4v) is 2.49. The van der Waals surface area contributed by atoms with Gasteiger partial charge in [-0.05, 0) is 18.2 Å². The standard InChI is InChI=1S/C9H8BrNOS/c10-6-1-2-8-7(5-6)11-9(12)3-4-13-8/h1-2,5H,3-4H2,(H,11,12). The maximum absolute atomic E-state index is 11.2. The van der Waals surface area contributed by atoms with E-state index >= 15 is 0 Å². The molecule has 1 aliphatic rings. The van der Waals surface area contributed by atoms with Crippen LogP contribution in [0.3, 0.4) is 0 Å². The predicted molar refractivity (Wildman–Crippen MR) is 58.1 cm³/mol. The quantitative estimate of drug-likeness (QED) is 0.775. The van der Waals surface area contributed by atoms with Gasteiger partial charge in [0.05, 0.1) is 5.69 Å². The monoisotopic (exact) mass is 257 g/mol. The molecule has 0 aromatic heterocycles. The molecule has 0 bridgehead atoms. The first-order valence-corrected chi connectivity index (χ1v) is 5.76. The summed E-state index contributed by atoms with van der Waals surface area (Å²) in [7, 11) is 0. The number of fused-ring (bicyclic) bond motifs is 1. The number of halogens is 1. The second-order valence-corrected chi connectivity index (χ2v) is 4.84. The molecule has 68 valence electrons. The van der Waals surface area contributed by atoms with Crippen molar-refractivity contribution in [3.8, 4) is 0 Å². The SMILES string of the molecule is O=C1CCSc2ccc(Br)cc2N1. The van der Waals surface area contributed by atoms with Gasteiger partial charge in [-0.15, -0.1) is 11.8 Å². The average Bonchev–Trinajstić information content (AvgIpc) is 2.25. The predicted octanol–water partition coefficient (Wildman–Crippen LogP) is 2.88. The van der Waals surface area contributed by atoms with Gasteiger partial charge in [-0.1, -0.05) is 15.9 Å². The molecule has 2 rings (SSSR count). The summed E-state index contributed by atoms with van der Waals surface area (Å²) in [5.74, 6) is 0.963. The van der Waals surface area contributed by atoms with Gasteiger partial charge in [-0.25, -0.2) is 0 Å². The zero-order chi connectivity index (χ0) is 9.26. The van der Waals surface area contributed by atoms with Gasteiger partial charge in [0.2, 0.25) is 5.91 Å². The Hall–Kier alpha value is -0.480. The largest absolute Gasteiger partial charge is 0.325 e. The van der Waals surface area contributed by atoms with Gasteiger partial charge in [0, 0.05) is 21.5 Å². The average molecular weight is 258 g/mol. The highest BCUT2D eigenvalue weighted by Crippen LogP contribution is 2.32. The Morgan fingerprint density at radius 3 is 3.15 bits per heavy atom. The summed E-state index contributed by atoms with van der Waals surface area (Å²) < 4.78 is 0.994. The number of benzene rings is 1. The summed E-state index contributed by atoms with van der Waals surface area (Å²) in [6.07, 6.45) is 0.594. The normalized spacial score (nSPS) is 15.9. The second-order valence-electron chi connectivity index (χ2n) is 2.79. The molecule has 0 unspecified atom stereocenters. The maximum Gasteiger partial charge on any atom is 0.225 e. The first kappa shape index (κ1) is 9.09. The summed E-state index contributed by atoms with van der Waals surface area (Å²) >= 11 is 5.09. The van der Waals surface area contributed by atoms with Crippen LogP contribution in [0.15, 0.2) is 27.6 Å².